The van der Waals surface area contributed by atoms with Crippen LogP contribution in [0.5, 0.6) is 0 Å². The molecular formula is C14H21BrN2O2. The van der Waals surface area contributed by atoms with Crippen LogP contribution in [0.4, 0.5) is 0 Å². The van der Waals surface area contributed by atoms with Gasteiger partial charge in [-0.1, -0.05) is 13.3 Å². The number of nitrogens with zero attached hydrogens (tertiary/aromatic N) is 1. The van der Waals surface area contributed by atoms with Crippen LogP contribution in [0.15, 0.2) is 16.7 Å². The summed E-state index contributed by atoms with van der Waals surface area (Å²) in [4.78, 5) is 12.1. The van der Waals surface area contributed by atoms with Crippen molar-refractivity contribution in [3.05, 3.63) is 22.4 Å². The third-order valence-corrected chi connectivity index (χ3v) is 3.60. The number of nitrogens with one attached hydrogen (secondary N) is 1. The predicted octanol–water partition coefficient (Wildman–Crippen LogP) is 3.13. The molecule has 4 nitrogen and oxygen atoms in total. The Kier molecular flexibility index (Phi) is 5.45. The van der Waals surface area contributed by atoms with Crippen molar-refractivity contribution in [1.29, 1.82) is 0 Å². The van der Waals surface area contributed by atoms with Crippen LogP contribution in [-0.2, 0) is 4.74 Å². The molecule has 1 saturated carbocycles. The second-order valence-electron chi connectivity index (χ2n) is 4.90. The molecule has 0 aromatic carbocycles. The summed E-state index contributed by atoms with van der Waals surface area (Å²) < 4.78 is 8.45. The van der Waals surface area contributed by atoms with Gasteiger partial charge >= 0.3 is 0 Å². The molecule has 0 saturated heterocycles. The summed E-state index contributed by atoms with van der Waals surface area (Å²) in [5, 5.41) is 2.91. The highest BCUT2D eigenvalue weighted by Crippen LogP contribution is 2.37. The van der Waals surface area contributed by atoms with Gasteiger partial charge < -0.3 is 14.6 Å². The third-order valence-electron chi connectivity index (χ3n) is 3.16. The minimum atomic E-state index is -0.0170. The van der Waals surface area contributed by atoms with Crippen LogP contribution in [0.3, 0.4) is 0 Å². The lowest BCUT2D eigenvalue weighted by molar-refractivity contribution is 0.0904. The van der Waals surface area contributed by atoms with Gasteiger partial charge in [-0.15, -0.1) is 0 Å². The van der Waals surface area contributed by atoms with E-state index in [2.05, 4.69) is 32.7 Å². The molecule has 106 valence electrons. The fraction of sp³-hybridized carbons (Fsp3) is 0.643. The molecule has 5 heteroatoms. The van der Waals surface area contributed by atoms with Crippen LogP contribution in [-0.4, -0.2) is 30.2 Å². The monoisotopic (exact) mass is 328 g/mol. The average molecular weight is 329 g/mol. The molecule has 0 bridgehead atoms. The van der Waals surface area contributed by atoms with Crippen molar-refractivity contribution >= 4 is 21.8 Å². The van der Waals surface area contributed by atoms with E-state index in [-0.39, 0.29) is 5.91 Å². The molecule has 1 aliphatic carbocycles. The number of halogens is 1. The molecular weight excluding hydrogens is 308 g/mol. The fourth-order valence-electron chi connectivity index (χ4n) is 1.96. The summed E-state index contributed by atoms with van der Waals surface area (Å²) in [6.07, 6.45) is 6.54. The topological polar surface area (TPSA) is 43.3 Å². The standard InChI is InChI=1S/C14H21BrN2O2/c1-2-3-7-19-8-6-16-14(18)13-9-11(15)10-17(13)12-4-5-12/h9-10,12H,2-8H2,1H3,(H,16,18). The van der Waals surface area contributed by atoms with E-state index in [1.807, 2.05) is 12.3 Å². The SMILES string of the molecule is CCCCOCCNC(=O)c1cc(Br)cn1C1CC1. The first kappa shape index (κ1) is 14.6. The van der Waals surface area contributed by atoms with Crippen molar-refractivity contribution in [2.24, 2.45) is 0 Å². The molecule has 1 heterocycles. The highest BCUT2D eigenvalue weighted by molar-refractivity contribution is 9.10. The van der Waals surface area contributed by atoms with Gasteiger partial charge in [0.1, 0.15) is 5.69 Å². The first-order valence-corrected chi connectivity index (χ1v) is 7.75. The third kappa shape index (κ3) is 4.35. The Morgan fingerprint density at radius 2 is 2.32 bits per heavy atom. The van der Waals surface area contributed by atoms with Crippen LogP contribution in [0, 0.1) is 0 Å². The number of hydrogen-bond donors (Lipinski definition) is 1. The van der Waals surface area contributed by atoms with Crippen LogP contribution in [0.1, 0.15) is 49.1 Å². The maximum atomic E-state index is 12.1. The Balaban J connectivity index is 1.76. The molecule has 1 aromatic rings. The first-order valence-electron chi connectivity index (χ1n) is 6.95. The fourth-order valence-corrected chi connectivity index (χ4v) is 2.40. The highest BCUT2D eigenvalue weighted by Gasteiger charge is 2.27. The quantitative estimate of drug-likeness (QED) is 0.745. The van der Waals surface area contributed by atoms with E-state index in [0.29, 0.717) is 19.2 Å². The van der Waals surface area contributed by atoms with E-state index in [1.165, 1.54) is 12.8 Å². The first-order chi connectivity index (χ1) is 9.22. The minimum Gasteiger partial charge on any atom is -0.380 e. The molecule has 0 unspecified atom stereocenters. The average Bonchev–Trinajstić information content (AvgIpc) is 3.16. The van der Waals surface area contributed by atoms with Gasteiger partial charge in [0.15, 0.2) is 0 Å². The Morgan fingerprint density at radius 3 is 3.00 bits per heavy atom. The number of aromatic nitrogens is 1. The maximum absolute atomic E-state index is 12.1. The van der Waals surface area contributed by atoms with Gasteiger partial charge in [0.2, 0.25) is 0 Å². The molecule has 1 fully saturated rings. The zero-order chi connectivity index (χ0) is 13.7. The number of carbonyl (C=O) groups excluding carboxylic acids is 1. The Hall–Kier alpha value is -0.810. The van der Waals surface area contributed by atoms with E-state index in [0.717, 1.165) is 29.6 Å². The van der Waals surface area contributed by atoms with E-state index in [9.17, 15) is 4.79 Å². The van der Waals surface area contributed by atoms with Gasteiger partial charge in [0, 0.05) is 29.9 Å². The Bertz CT molecular complexity index is 427. The Morgan fingerprint density at radius 1 is 1.53 bits per heavy atom. The van der Waals surface area contributed by atoms with Crippen LogP contribution in [0.25, 0.3) is 0 Å². The zero-order valence-electron chi connectivity index (χ0n) is 11.3. The summed E-state index contributed by atoms with van der Waals surface area (Å²) >= 11 is 3.43. The summed E-state index contributed by atoms with van der Waals surface area (Å²) in [6.45, 7) is 4.05. The number of hydrogen-bond acceptors (Lipinski definition) is 2. The van der Waals surface area contributed by atoms with Gasteiger partial charge in [0.05, 0.1) is 6.61 Å². The maximum Gasteiger partial charge on any atom is 0.268 e. The second kappa shape index (κ2) is 7.10. The second-order valence-corrected chi connectivity index (χ2v) is 5.82. The normalized spacial score (nSPS) is 14.6. The van der Waals surface area contributed by atoms with Gasteiger partial charge in [-0.3, -0.25) is 4.79 Å². The van der Waals surface area contributed by atoms with Crippen molar-refractivity contribution in [2.45, 2.75) is 38.6 Å². The molecule has 1 N–H and O–H groups in total. The van der Waals surface area contributed by atoms with E-state index < -0.39 is 0 Å². The number of amides is 1. The van der Waals surface area contributed by atoms with Crippen molar-refractivity contribution < 1.29 is 9.53 Å². The molecule has 0 spiro atoms. The molecule has 1 aromatic heterocycles. The van der Waals surface area contributed by atoms with Gasteiger partial charge in [-0.2, -0.15) is 0 Å². The number of rotatable bonds is 8. The van der Waals surface area contributed by atoms with E-state index in [4.69, 9.17) is 4.74 Å². The summed E-state index contributed by atoms with van der Waals surface area (Å²) in [6, 6.07) is 2.39. The van der Waals surface area contributed by atoms with Gasteiger partial charge in [0.25, 0.3) is 5.91 Å². The van der Waals surface area contributed by atoms with Crippen molar-refractivity contribution in [1.82, 2.24) is 9.88 Å². The summed E-state index contributed by atoms with van der Waals surface area (Å²) in [5.41, 5.74) is 0.739. The van der Waals surface area contributed by atoms with E-state index in [1.54, 1.807) is 0 Å². The molecule has 0 radical (unpaired) electrons. The Labute approximate surface area is 122 Å². The van der Waals surface area contributed by atoms with Crippen LogP contribution in [0.2, 0.25) is 0 Å². The molecule has 1 aliphatic rings. The lowest BCUT2D eigenvalue weighted by atomic mass is 10.4. The summed E-state index contributed by atoms with van der Waals surface area (Å²) in [7, 11) is 0. The minimum absolute atomic E-state index is 0.0170. The van der Waals surface area contributed by atoms with E-state index >= 15 is 0 Å². The molecule has 0 aliphatic heterocycles. The molecule has 1 amide bonds. The van der Waals surface area contributed by atoms with Crippen molar-refractivity contribution in [2.75, 3.05) is 19.8 Å². The lowest BCUT2D eigenvalue weighted by Gasteiger charge is -2.09. The van der Waals surface area contributed by atoms with Crippen molar-refractivity contribution in [3.63, 3.8) is 0 Å². The molecule has 2 rings (SSSR count). The lowest BCUT2D eigenvalue weighted by Crippen LogP contribution is -2.29. The van der Waals surface area contributed by atoms with Gasteiger partial charge in [-0.05, 0) is 41.3 Å². The molecule has 0 atom stereocenters. The number of unbranched alkanes of at least 4 members (excludes halogenated alkanes) is 1. The number of carbonyl (C=O) groups is 1. The van der Waals surface area contributed by atoms with Gasteiger partial charge in [-0.25, -0.2) is 0 Å². The largest absolute Gasteiger partial charge is 0.380 e. The predicted molar refractivity (Wildman–Crippen MR) is 78.5 cm³/mol. The number of ether oxygens (including phenoxy) is 1. The van der Waals surface area contributed by atoms with Crippen LogP contribution >= 0.6 is 15.9 Å². The molecule has 19 heavy (non-hydrogen) atoms. The van der Waals surface area contributed by atoms with Crippen LogP contribution < -0.4 is 5.32 Å². The van der Waals surface area contributed by atoms with Crippen molar-refractivity contribution in [3.8, 4) is 0 Å². The summed E-state index contributed by atoms with van der Waals surface area (Å²) in [5.74, 6) is -0.0170. The highest BCUT2D eigenvalue weighted by atomic mass is 79.9. The zero-order valence-corrected chi connectivity index (χ0v) is 12.9. The smallest absolute Gasteiger partial charge is 0.268 e.